The number of carbonyl (C=O) groups excluding carboxylic acids is 2. The monoisotopic (exact) mass is 375 g/mol. The number of furan rings is 1. The number of methoxy groups -OCH3 is 1. The number of hydrogen-bond donors (Lipinski definition) is 0. The molecule has 0 bridgehead atoms. The summed E-state index contributed by atoms with van der Waals surface area (Å²) < 4.78 is 10.1. The van der Waals surface area contributed by atoms with Crippen molar-refractivity contribution in [2.45, 2.75) is 13.1 Å². The standard InChI is InChI=1S/C23H21NO4/c1-27-23(26)20-12-9-18(10-13-20)11-14-22(25)24(17-21-8-5-15-28-21)16-19-6-3-2-4-7-19/h2-15H,16-17H2,1H3/b14-11+. The Morgan fingerprint density at radius 3 is 2.36 bits per heavy atom. The fraction of sp³-hybridized carbons (Fsp3) is 0.130. The molecule has 1 heterocycles. The summed E-state index contributed by atoms with van der Waals surface area (Å²) in [7, 11) is 1.34. The van der Waals surface area contributed by atoms with E-state index in [0.29, 0.717) is 18.7 Å². The molecule has 28 heavy (non-hydrogen) atoms. The Hall–Kier alpha value is -3.60. The van der Waals surface area contributed by atoms with Gasteiger partial charge in [0.2, 0.25) is 5.91 Å². The van der Waals surface area contributed by atoms with Gasteiger partial charge in [-0.2, -0.15) is 0 Å². The molecule has 0 spiro atoms. The number of esters is 1. The topological polar surface area (TPSA) is 59.8 Å². The van der Waals surface area contributed by atoms with Crippen LogP contribution >= 0.6 is 0 Å². The third-order valence-electron chi connectivity index (χ3n) is 4.20. The van der Waals surface area contributed by atoms with E-state index in [2.05, 4.69) is 4.74 Å². The maximum atomic E-state index is 12.8. The molecule has 5 nitrogen and oxygen atoms in total. The summed E-state index contributed by atoms with van der Waals surface area (Å²) in [6.07, 6.45) is 4.85. The van der Waals surface area contributed by atoms with E-state index in [1.807, 2.05) is 36.4 Å². The lowest BCUT2D eigenvalue weighted by atomic mass is 10.1. The first kappa shape index (κ1) is 19.2. The molecule has 3 rings (SSSR count). The molecule has 142 valence electrons. The van der Waals surface area contributed by atoms with Crippen LogP contribution in [-0.4, -0.2) is 23.9 Å². The number of benzene rings is 2. The molecule has 2 aromatic carbocycles. The average Bonchev–Trinajstić information content (AvgIpc) is 3.25. The quantitative estimate of drug-likeness (QED) is 0.456. The lowest BCUT2D eigenvalue weighted by Gasteiger charge is -2.20. The van der Waals surface area contributed by atoms with Gasteiger partial charge in [0.15, 0.2) is 0 Å². The maximum Gasteiger partial charge on any atom is 0.337 e. The number of rotatable bonds is 7. The molecule has 0 N–H and O–H groups in total. The molecule has 0 aliphatic rings. The lowest BCUT2D eigenvalue weighted by molar-refractivity contribution is -0.127. The number of carbonyl (C=O) groups is 2. The van der Waals surface area contributed by atoms with Gasteiger partial charge in [-0.15, -0.1) is 0 Å². The molecule has 0 aliphatic carbocycles. The second kappa shape index (κ2) is 9.37. The zero-order valence-corrected chi connectivity index (χ0v) is 15.6. The summed E-state index contributed by atoms with van der Waals surface area (Å²) in [5, 5.41) is 0. The van der Waals surface area contributed by atoms with E-state index in [4.69, 9.17) is 4.42 Å². The van der Waals surface area contributed by atoms with Crippen LogP contribution < -0.4 is 0 Å². The molecule has 5 heteroatoms. The second-order valence-electron chi connectivity index (χ2n) is 6.21. The highest BCUT2D eigenvalue weighted by Gasteiger charge is 2.13. The van der Waals surface area contributed by atoms with Crippen molar-refractivity contribution in [1.82, 2.24) is 4.90 Å². The summed E-state index contributed by atoms with van der Waals surface area (Å²) in [6, 6.07) is 20.3. The second-order valence-corrected chi connectivity index (χ2v) is 6.21. The Bertz CT molecular complexity index is 929. The number of hydrogen-bond acceptors (Lipinski definition) is 4. The highest BCUT2D eigenvalue weighted by atomic mass is 16.5. The van der Waals surface area contributed by atoms with E-state index in [0.717, 1.165) is 16.9 Å². The van der Waals surface area contributed by atoms with Crippen LogP contribution in [0.15, 0.2) is 83.5 Å². The Morgan fingerprint density at radius 2 is 1.71 bits per heavy atom. The van der Waals surface area contributed by atoms with Crippen LogP contribution in [0.3, 0.4) is 0 Å². The highest BCUT2D eigenvalue weighted by Crippen LogP contribution is 2.13. The van der Waals surface area contributed by atoms with E-state index < -0.39 is 0 Å². The zero-order valence-electron chi connectivity index (χ0n) is 15.6. The van der Waals surface area contributed by atoms with E-state index in [-0.39, 0.29) is 11.9 Å². The first-order chi connectivity index (χ1) is 13.7. The van der Waals surface area contributed by atoms with Gasteiger partial charge in [0.05, 0.1) is 25.5 Å². The van der Waals surface area contributed by atoms with Crippen molar-refractivity contribution in [3.8, 4) is 0 Å². The summed E-state index contributed by atoms with van der Waals surface area (Å²) in [5.74, 6) is 0.205. The van der Waals surface area contributed by atoms with Gasteiger partial charge in [-0.05, 0) is 41.5 Å². The predicted octanol–water partition coefficient (Wildman–Crippen LogP) is 4.31. The molecule has 0 saturated carbocycles. The fourth-order valence-electron chi connectivity index (χ4n) is 2.73. The minimum Gasteiger partial charge on any atom is -0.467 e. The molecule has 0 fully saturated rings. The zero-order chi connectivity index (χ0) is 19.8. The van der Waals surface area contributed by atoms with E-state index in [9.17, 15) is 9.59 Å². The smallest absolute Gasteiger partial charge is 0.337 e. The van der Waals surface area contributed by atoms with Gasteiger partial charge in [0.1, 0.15) is 5.76 Å². The minimum atomic E-state index is -0.390. The van der Waals surface area contributed by atoms with Crippen LogP contribution in [-0.2, 0) is 22.6 Å². The predicted molar refractivity (Wildman–Crippen MR) is 106 cm³/mol. The Kier molecular flexibility index (Phi) is 6.41. The molecule has 1 aromatic heterocycles. The summed E-state index contributed by atoms with van der Waals surface area (Å²) >= 11 is 0. The van der Waals surface area contributed by atoms with Crippen LogP contribution in [0, 0.1) is 0 Å². The van der Waals surface area contributed by atoms with Crippen molar-refractivity contribution >= 4 is 18.0 Å². The van der Waals surface area contributed by atoms with E-state index >= 15 is 0 Å². The van der Waals surface area contributed by atoms with Crippen molar-refractivity contribution in [2.75, 3.05) is 7.11 Å². The van der Waals surface area contributed by atoms with Gasteiger partial charge < -0.3 is 14.1 Å². The van der Waals surface area contributed by atoms with Gasteiger partial charge in [0, 0.05) is 12.6 Å². The van der Waals surface area contributed by atoms with E-state index in [1.165, 1.54) is 13.2 Å². The van der Waals surface area contributed by atoms with E-state index in [1.54, 1.807) is 47.6 Å². The van der Waals surface area contributed by atoms with Gasteiger partial charge >= 0.3 is 5.97 Å². The number of ether oxygens (including phenoxy) is 1. The molecular weight excluding hydrogens is 354 g/mol. The van der Waals surface area contributed by atoms with Crippen molar-refractivity contribution < 1.29 is 18.7 Å². The molecule has 0 radical (unpaired) electrons. The summed E-state index contributed by atoms with van der Waals surface area (Å²) in [6.45, 7) is 0.859. The van der Waals surface area contributed by atoms with Crippen molar-refractivity contribution in [3.63, 3.8) is 0 Å². The van der Waals surface area contributed by atoms with Crippen LogP contribution in [0.25, 0.3) is 6.08 Å². The Labute approximate surface area is 163 Å². The van der Waals surface area contributed by atoms with Gasteiger partial charge in [-0.1, -0.05) is 42.5 Å². The first-order valence-corrected chi connectivity index (χ1v) is 8.87. The van der Waals surface area contributed by atoms with Crippen molar-refractivity contribution in [3.05, 3.63) is 102 Å². The normalized spacial score (nSPS) is 10.8. The molecule has 0 aliphatic heterocycles. The fourth-order valence-corrected chi connectivity index (χ4v) is 2.73. The van der Waals surface area contributed by atoms with Crippen LogP contribution in [0.4, 0.5) is 0 Å². The van der Waals surface area contributed by atoms with Gasteiger partial charge in [-0.25, -0.2) is 4.79 Å². The van der Waals surface area contributed by atoms with Gasteiger partial charge in [0.25, 0.3) is 0 Å². The van der Waals surface area contributed by atoms with Crippen molar-refractivity contribution in [2.24, 2.45) is 0 Å². The van der Waals surface area contributed by atoms with Crippen LogP contribution in [0.2, 0.25) is 0 Å². The third-order valence-corrected chi connectivity index (χ3v) is 4.20. The molecule has 3 aromatic rings. The van der Waals surface area contributed by atoms with Gasteiger partial charge in [-0.3, -0.25) is 4.79 Å². The summed E-state index contributed by atoms with van der Waals surface area (Å²) in [4.78, 5) is 26.0. The molecular formula is C23H21NO4. The lowest BCUT2D eigenvalue weighted by Crippen LogP contribution is -2.28. The largest absolute Gasteiger partial charge is 0.467 e. The third kappa shape index (κ3) is 5.20. The number of nitrogens with zero attached hydrogens (tertiary/aromatic N) is 1. The molecule has 0 saturated heterocycles. The molecule has 1 amide bonds. The molecule has 0 unspecified atom stereocenters. The SMILES string of the molecule is COC(=O)c1ccc(/C=C/C(=O)N(Cc2ccccc2)Cc2ccco2)cc1. The minimum absolute atomic E-state index is 0.128. The summed E-state index contributed by atoms with van der Waals surface area (Å²) in [5.41, 5.74) is 2.33. The highest BCUT2D eigenvalue weighted by molar-refractivity contribution is 5.92. The van der Waals surface area contributed by atoms with Crippen molar-refractivity contribution in [1.29, 1.82) is 0 Å². The Balaban J connectivity index is 1.72. The molecule has 0 atom stereocenters. The number of amides is 1. The van der Waals surface area contributed by atoms with Crippen LogP contribution in [0.5, 0.6) is 0 Å². The average molecular weight is 375 g/mol. The van der Waals surface area contributed by atoms with Crippen LogP contribution in [0.1, 0.15) is 27.2 Å². The first-order valence-electron chi connectivity index (χ1n) is 8.87. The Morgan fingerprint density at radius 1 is 0.964 bits per heavy atom. The maximum absolute atomic E-state index is 12.8.